The minimum absolute atomic E-state index is 0.211. The van der Waals surface area contributed by atoms with Crippen molar-refractivity contribution in [2.75, 3.05) is 0 Å². The van der Waals surface area contributed by atoms with Crippen molar-refractivity contribution in [3.8, 4) is 11.3 Å². The largest absolute Gasteiger partial charge is 0.478 e. The molecule has 0 bridgehead atoms. The van der Waals surface area contributed by atoms with Gasteiger partial charge in [-0.15, -0.1) is 0 Å². The monoisotopic (exact) mass is 278 g/mol. The van der Waals surface area contributed by atoms with Gasteiger partial charge in [0, 0.05) is 23.3 Å². The molecule has 0 unspecified atom stereocenters. The maximum Gasteiger partial charge on any atom is 0.339 e. The molecular weight excluding hydrogens is 264 g/mol. The minimum Gasteiger partial charge on any atom is -0.478 e. The molecule has 1 heterocycles. The summed E-state index contributed by atoms with van der Waals surface area (Å²) in [4.78, 5) is 11.3. The van der Waals surface area contributed by atoms with Crippen molar-refractivity contribution in [3.63, 3.8) is 0 Å². The van der Waals surface area contributed by atoms with Crippen LogP contribution in [-0.4, -0.2) is 20.9 Å². The van der Waals surface area contributed by atoms with Crippen molar-refractivity contribution in [3.05, 3.63) is 41.0 Å². The summed E-state index contributed by atoms with van der Waals surface area (Å²) in [5.74, 6) is -0.570. The molecule has 2 aromatic rings. The smallest absolute Gasteiger partial charge is 0.339 e. The molecule has 0 aliphatic rings. The molecule has 0 atom stereocenters. The fraction of sp³-hybridized carbons (Fsp3) is 0.286. The molecule has 2 rings (SSSR count). The van der Waals surface area contributed by atoms with E-state index in [1.165, 1.54) is 0 Å². The van der Waals surface area contributed by atoms with Crippen LogP contribution in [0.25, 0.3) is 11.3 Å². The summed E-state index contributed by atoms with van der Waals surface area (Å²) in [6, 6.07) is 7.00. The molecule has 0 aliphatic carbocycles. The van der Waals surface area contributed by atoms with E-state index in [0.29, 0.717) is 23.2 Å². The number of aromatic carboxylic acids is 1. The summed E-state index contributed by atoms with van der Waals surface area (Å²) in [7, 11) is 0. The summed E-state index contributed by atoms with van der Waals surface area (Å²) < 4.78 is 1.68. The third kappa shape index (κ3) is 3.15. The fourth-order valence-corrected chi connectivity index (χ4v) is 1.99. The number of carbonyl (C=O) groups is 1. The Morgan fingerprint density at radius 1 is 1.37 bits per heavy atom. The quantitative estimate of drug-likeness (QED) is 0.930. The first-order valence-electron chi connectivity index (χ1n) is 6.04. The van der Waals surface area contributed by atoms with Gasteiger partial charge >= 0.3 is 5.97 Å². The van der Waals surface area contributed by atoms with E-state index in [-0.39, 0.29) is 5.56 Å². The Hall–Kier alpha value is -1.81. The highest BCUT2D eigenvalue weighted by Gasteiger charge is 2.17. The predicted molar refractivity (Wildman–Crippen MR) is 74.5 cm³/mol. The van der Waals surface area contributed by atoms with Crippen LogP contribution >= 0.6 is 11.6 Å². The maximum atomic E-state index is 11.3. The van der Waals surface area contributed by atoms with Crippen LogP contribution in [0, 0.1) is 5.92 Å². The summed E-state index contributed by atoms with van der Waals surface area (Å²) >= 11 is 5.83. The molecule has 1 aromatic carbocycles. The number of nitrogens with zero attached hydrogens (tertiary/aromatic N) is 2. The third-order valence-corrected chi connectivity index (χ3v) is 2.91. The number of hydrogen-bond acceptors (Lipinski definition) is 2. The van der Waals surface area contributed by atoms with Crippen molar-refractivity contribution in [1.29, 1.82) is 0 Å². The van der Waals surface area contributed by atoms with E-state index < -0.39 is 5.97 Å². The van der Waals surface area contributed by atoms with Crippen molar-refractivity contribution in [2.45, 2.75) is 20.4 Å². The molecule has 5 heteroatoms. The number of hydrogen-bond donors (Lipinski definition) is 1. The lowest BCUT2D eigenvalue weighted by atomic mass is 10.1. The summed E-state index contributed by atoms with van der Waals surface area (Å²) in [6.07, 6.45) is 1.58. The average molecular weight is 279 g/mol. The Morgan fingerprint density at radius 3 is 2.53 bits per heavy atom. The van der Waals surface area contributed by atoms with Crippen LogP contribution < -0.4 is 0 Å². The molecule has 19 heavy (non-hydrogen) atoms. The lowest BCUT2D eigenvalue weighted by molar-refractivity contribution is 0.0697. The van der Waals surface area contributed by atoms with Crippen LogP contribution in [0.1, 0.15) is 24.2 Å². The number of halogens is 1. The van der Waals surface area contributed by atoms with Gasteiger partial charge in [-0.2, -0.15) is 5.10 Å². The van der Waals surface area contributed by atoms with Gasteiger partial charge in [-0.1, -0.05) is 37.6 Å². The zero-order chi connectivity index (χ0) is 14.0. The first kappa shape index (κ1) is 13.6. The Balaban J connectivity index is 2.45. The van der Waals surface area contributed by atoms with Crippen LogP contribution in [0.15, 0.2) is 30.5 Å². The van der Waals surface area contributed by atoms with Gasteiger partial charge < -0.3 is 5.11 Å². The molecule has 0 saturated carbocycles. The summed E-state index contributed by atoms with van der Waals surface area (Å²) in [5, 5.41) is 14.2. The standard InChI is InChI=1S/C14H15ClN2O2/c1-9(2)7-17-8-12(14(18)19)13(16-17)10-3-5-11(15)6-4-10/h3-6,8-9H,7H2,1-2H3,(H,18,19). The molecule has 0 amide bonds. The van der Waals surface area contributed by atoms with Crippen LogP contribution in [0.4, 0.5) is 0 Å². The highest BCUT2D eigenvalue weighted by atomic mass is 35.5. The molecule has 0 aliphatic heterocycles. The molecule has 100 valence electrons. The Morgan fingerprint density at radius 2 is 2.00 bits per heavy atom. The molecule has 0 radical (unpaired) electrons. The number of benzene rings is 1. The highest BCUT2D eigenvalue weighted by molar-refractivity contribution is 6.30. The Kier molecular flexibility index (Phi) is 3.90. The number of carboxylic acid groups (broad SMARTS) is 1. The van der Waals surface area contributed by atoms with E-state index in [1.807, 2.05) is 0 Å². The molecule has 0 saturated heterocycles. The van der Waals surface area contributed by atoms with Gasteiger partial charge in [-0.3, -0.25) is 4.68 Å². The topological polar surface area (TPSA) is 55.1 Å². The van der Waals surface area contributed by atoms with E-state index in [9.17, 15) is 9.90 Å². The Labute approximate surface area is 116 Å². The van der Waals surface area contributed by atoms with E-state index in [0.717, 1.165) is 5.56 Å². The van der Waals surface area contributed by atoms with E-state index in [4.69, 9.17) is 11.6 Å². The lowest BCUT2D eigenvalue weighted by Crippen LogP contribution is -2.04. The van der Waals surface area contributed by atoms with E-state index in [1.54, 1.807) is 35.1 Å². The summed E-state index contributed by atoms with van der Waals surface area (Å²) in [5.41, 5.74) is 1.44. The number of carboxylic acids is 1. The molecule has 1 N–H and O–H groups in total. The van der Waals surface area contributed by atoms with Crippen LogP contribution in [-0.2, 0) is 6.54 Å². The minimum atomic E-state index is -0.972. The van der Waals surface area contributed by atoms with Gasteiger partial charge in [0.1, 0.15) is 11.3 Å². The molecule has 1 aromatic heterocycles. The van der Waals surface area contributed by atoms with Crippen molar-refractivity contribution < 1.29 is 9.90 Å². The first-order valence-corrected chi connectivity index (χ1v) is 6.42. The van der Waals surface area contributed by atoms with Gasteiger partial charge in [0.25, 0.3) is 0 Å². The molecule has 0 fully saturated rings. The first-order chi connectivity index (χ1) is 8.97. The third-order valence-electron chi connectivity index (χ3n) is 2.66. The fourth-order valence-electron chi connectivity index (χ4n) is 1.87. The van der Waals surface area contributed by atoms with Gasteiger partial charge in [0.15, 0.2) is 0 Å². The lowest BCUT2D eigenvalue weighted by Gasteiger charge is -2.03. The number of rotatable bonds is 4. The Bertz CT molecular complexity index is 588. The summed E-state index contributed by atoms with van der Waals surface area (Å²) in [6.45, 7) is 4.81. The van der Waals surface area contributed by atoms with Crippen molar-refractivity contribution >= 4 is 17.6 Å². The van der Waals surface area contributed by atoms with Crippen LogP contribution in [0.2, 0.25) is 5.02 Å². The normalized spacial score (nSPS) is 10.9. The maximum absolute atomic E-state index is 11.3. The zero-order valence-corrected chi connectivity index (χ0v) is 11.6. The second-order valence-corrected chi connectivity index (χ2v) is 5.26. The van der Waals surface area contributed by atoms with Gasteiger partial charge in [-0.05, 0) is 18.1 Å². The van der Waals surface area contributed by atoms with E-state index in [2.05, 4.69) is 18.9 Å². The molecule has 4 nitrogen and oxygen atoms in total. The predicted octanol–water partition coefficient (Wildman–Crippen LogP) is 3.56. The van der Waals surface area contributed by atoms with Crippen molar-refractivity contribution in [1.82, 2.24) is 9.78 Å². The second-order valence-electron chi connectivity index (χ2n) is 4.82. The van der Waals surface area contributed by atoms with E-state index >= 15 is 0 Å². The van der Waals surface area contributed by atoms with Gasteiger partial charge in [0.05, 0.1) is 0 Å². The average Bonchev–Trinajstić information content (AvgIpc) is 2.73. The SMILES string of the molecule is CC(C)Cn1cc(C(=O)O)c(-c2ccc(Cl)cc2)n1. The van der Waals surface area contributed by atoms with Crippen LogP contribution in [0.3, 0.4) is 0 Å². The molecular formula is C14H15ClN2O2. The van der Waals surface area contributed by atoms with Crippen molar-refractivity contribution in [2.24, 2.45) is 5.92 Å². The van der Waals surface area contributed by atoms with Gasteiger partial charge in [0.2, 0.25) is 0 Å². The second kappa shape index (κ2) is 5.45. The number of aromatic nitrogens is 2. The van der Waals surface area contributed by atoms with Crippen LogP contribution in [0.5, 0.6) is 0 Å². The van der Waals surface area contributed by atoms with Gasteiger partial charge in [-0.25, -0.2) is 4.79 Å². The zero-order valence-electron chi connectivity index (χ0n) is 10.8. The molecule has 0 spiro atoms. The highest BCUT2D eigenvalue weighted by Crippen LogP contribution is 2.24.